The summed E-state index contributed by atoms with van der Waals surface area (Å²) in [5.41, 5.74) is 8.10. The third-order valence-corrected chi connectivity index (χ3v) is 3.50. The van der Waals surface area contributed by atoms with Crippen LogP contribution >= 0.6 is 11.8 Å². The Morgan fingerprint density at radius 1 is 1.11 bits per heavy atom. The highest BCUT2D eigenvalue weighted by molar-refractivity contribution is 7.98. The molecule has 0 saturated heterocycles. The quantitative estimate of drug-likeness (QED) is 0.661. The fraction of sp³-hybridized carbons (Fsp3) is 0.133. The Labute approximate surface area is 117 Å². The molecule has 0 unspecified atom stereocenters. The molecule has 4 heteroatoms. The summed E-state index contributed by atoms with van der Waals surface area (Å²) in [7, 11) is 0. The first-order chi connectivity index (χ1) is 9.20. The maximum absolute atomic E-state index is 12.1. The SMILES string of the molecule is CSc1ccc(C(=O)NNc2ccccc2)c(C)c1. The number of carbonyl (C=O) groups is 1. The number of nitrogens with one attached hydrogen (secondary N) is 2. The number of para-hydroxylation sites is 1. The summed E-state index contributed by atoms with van der Waals surface area (Å²) in [6, 6.07) is 15.4. The fourth-order valence-corrected chi connectivity index (χ4v) is 2.23. The van der Waals surface area contributed by atoms with Crippen molar-refractivity contribution in [3.05, 3.63) is 59.7 Å². The average molecular weight is 272 g/mol. The van der Waals surface area contributed by atoms with Crippen LogP contribution < -0.4 is 10.9 Å². The van der Waals surface area contributed by atoms with Gasteiger partial charge in [-0.1, -0.05) is 18.2 Å². The number of hydrogen-bond acceptors (Lipinski definition) is 3. The predicted octanol–water partition coefficient (Wildman–Crippen LogP) is 3.47. The summed E-state index contributed by atoms with van der Waals surface area (Å²) in [5.74, 6) is -0.131. The monoisotopic (exact) mass is 272 g/mol. The smallest absolute Gasteiger partial charge is 0.269 e. The number of carbonyl (C=O) groups excluding carboxylic acids is 1. The molecule has 0 aliphatic heterocycles. The molecule has 0 aliphatic carbocycles. The van der Waals surface area contributed by atoms with Crippen molar-refractivity contribution in [1.29, 1.82) is 0 Å². The molecule has 19 heavy (non-hydrogen) atoms. The molecule has 2 rings (SSSR count). The van der Waals surface area contributed by atoms with E-state index >= 15 is 0 Å². The van der Waals surface area contributed by atoms with E-state index in [2.05, 4.69) is 10.9 Å². The summed E-state index contributed by atoms with van der Waals surface area (Å²) in [6.07, 6.45) is 2.02. The van der Waals surface area contributed by atoms with Crippen LogP contribution in [0.5, 0.6) is 0 Å². The molecule has 2 aromatic carbocycles. The highest BCUT2D eigenvalue weighted by atomic mass is 32.2. The van der Waals surface area contributed by atoms with E-state index in [-0.39, 0.29) is 5.91 Å². The number of benzene rings is 2. The summed E-state index contributed by atoms with van der Waals surface area (Å²) >= 11 is 1.67. The summed E-state index contributed by atoms with van der Waals surface area (Å²) in [4.78, 5) is 13.2. The van der Waals surface area contributed by atoms with Crippen LogP contribution in [0.4, 0.5) is 5.69 Å². The van der Waals surface area contributed by atoms with Gasteiger partial charge in [-0.05, 0) is 49.1 Å². The van der Waals surface area contributed by atoms with E-state index in [9.17, 15) is 4.79 Å². The number of amides is 1. The summed E-state index contributed by atoms with van der Waals surface area (Å²) in [5, 5.41) is 0. The number of rotatable bonds is 4. The van der Waals surface area contributed by atoms with Gasteiger partial charge < -0.3 is 0 Å². The van der Waals surface area contributed by atoms with Crippen LogP contribution in [0.2, 0.25) is 0 Å². The van der Waals surface area contributed by atoms with Crippen LogP contribution in [-0.2, 0) is 0 Å². The lowest BCUT2D eigenvalue weighted by molar-refractivity contribution is 0.0962. The summed E-state index contributed by atoms with van der Waals surface area (Å²) in [6.45, 7) is 1.94. The minimum absolute atomic E-state index is 0.131. The summed E-state index contributed by atoms with van der Waals surface area (Å²) < 4.78 is 0. The lowest BCUT2D eigenvalue weighted by atomic mass is 10.1. The molecule has 3 nitrogen and oxygen atoms in total. The molecule has 1 amide bonds. The minimum Gasteiger partial charge on any atom is -0.298 e. The van der Waals surface area contributed by atoms with Crippen molar-refractivity contribution in [3.63, 3.8) is 0 Å². The van der Waals surface area contributed by atoms with E-state index in [0.29, 0.717) is 5.56 Å². The number of thioether (sulfide) groups is 1. The second-order valence-corrected chi connectivity index (χ2v) is 5.01. The first-order valence-electron chi connectivity index (χ1n) is 5.97. The average Bonchev–Trinajstić information content (AvgIpc) is 2.45. The maximum Gasteiger partial charge on any atom is 0.269 e. The number of hydrogen-bond donors (Lipinski definition) is 2. The molecule has 98 valence electrons. The van der Waals surface area contributed by atoms with Crippen molar-refractivity contribution in [1.82, 2.24) is 5.43 Å². The Balaban J connectivity index is 2.04. The first-order valence-corrected chi connectivity index (χ1v) is 7.19. The fourth-order valence-electron chi connectivity index (χ4n) is 1.74. The lowest BCUT2D eigenvalue weighted by Gasteiger charge is -2.10. The van der Waals surface area contributed by atoms with Crippen molar-refractivity contribution in [2.24, 2.45) is 0 Å². The lowest BCUT2D eigenvalue weighted by Crippen LogP contribution is -2.29. The van der Waals surface area contributed by atoms with Crippen molar-refractivity contribution in [2.75, 3.05) is 11.7 Å². The Hall–Kier alpha value is -1.94. The van der Waals surface area contributed by atoms with E-state index in [4.69, 9.17) is 0 Å². The van der Waals surface area contributed by atoms with Gasteiger partial charge in [-0.15, -0.1) is 11.8 Å². The molecular formula is C15H16N2OS. The van der Waals surface area contributed by atoms with Gasteiger partial charge in [0, 0.05) is 10.5 Å². The topological polar surface area (TPSA) is 41.1 Å². The Bertz CT molecular complexity index is 570. The van der Waals surface area contributed by atoms with Gasteiger partial charge >= 0.3 is 0 Å². The van der Waals surface area contributed by atoms with Crippen LogP contribution in [0.1, 0.15) is 15.9 Å². The Morgan fingerprint density at radius 3 is 2.47 bits per heavy atom. The third kappa shape index (κ3) is 3.51. The highest BCUT2D eigenvalue weighted by Gasteiger charge is 2.08. The molecule has 0 bridgehead atoms. The molecule has 0 atom stereocenters. The molecule has 0 saturated carbocycles. The first kappa shape index (κ1) is 13.5. The standard InChI is InChI=1S/C15H16N2OS/c1-11-10-13(19-2)8-9-14(11)15(18)17-16-12-6-4-3-5-7-12/h3-10,16H,1-2H3,(H,17,18). The van der Waals surface area contributed by atoms with Crippen molar-refractivity contribution in [3.8, 4) is 0 Å². The van der Waals surface area contributed by atoms with Crippen LogP contribution in [0.3, 0.4) is 0 Å². The zero-order valence-corrected chi connectivity index (χ0v) is 11.8. The Morgan fingerprint density at radius 2 is 1.84 bits per heavy atom. The van der Waals surface area contributed by atoms with Gasteiger partial charge in [-0.3, -0.25) is 15.6 Å². The minimum atomic E-state index is -0.131. The zero-order valence-electron chi connectivity index (χ0n) is 10.9. The molecule has 0 aliphatic rings. The van der Waals surface area contributed by atoms with Gasteiger partial charge in [0.1, 0.15) is 0 Å². The normalized spacial score (nSPS) is 10.0. The van der Waals surface area contributed by atoms with E-state index in [1.54, 1.807) is 11.8 Å². The van der Waals surface area contributed by atoms with Gasteiger partial charge in [0.05, 0.1) is 5.69 Å². The second kappa shape index (κ2) is 6.29. The second-order valence-electron chi connectivity index (χ2n) is 4.13. The van der Waals surface area contributed by atoms with Crippen molar-refractivity contribution < 1.29 is 4.79 Å². The van der Waals surface area contributed by atoms with Gasteiger partial charge in [0.2, 0.25) is 0 Å². The van der Waals surface area contributed by atoms with E-state index in [0.717, 1.165) is 16.1 Å². The molecule has 0 fully saturated rings. The van der Waals surface area contributed by atoms with Crippen LogP contribution in [0.25, 0.3) is 0 Å². The molecule has 0 aromatic heterocycles. The molecule has 2 aromatic rings. The largest absolute Gasteiger partial charge is 0.298 e. The predicted molar refractivity (Wildman–Crippen MR) is 80.5 cm³/mol. The van der Waals surface area contributed by atoms with E-state index in [1.165, 1.54) is 0 Å². The number of hydrazine groups is 1. The van der Waals surface area contributed by atoms with Crippen LogP contribution in [0, 0.1) is 6.92 Å². The van der Waals surface area contributed by atoms with Crippen molar-refractivity contribution in [2.45, 2.75) is 11.8 Å². The van der Waals surface area contributed by atoms with Crippen molar-refractivity contribution >= 4 is 23.4 Å². The molecule has 0 spiro atoms. The van der Waals surface area contributed by atoms with Gasteiger partial charge in [-0.25, -0.2) is 0 Å². The van der Waals surface area contributed by atoms with Gasteiger partial charge in [-0.2, -0.15) is 0 Å². The molecular weight excluding hydrogens is 256 g/mol. The number of aryl methyl sites for hydroxylation is 1. The van der Waals surface area contributed by atoms with Gasteiger partial charge in [0.15, 0.2) is 0 Å². The maximum atomic E-state index is 12.1. The molecule has 2 N–H and O–H groups in total. The third-order valence-electron chi connectivity index (χ3n) is 2.77. The van der Waals surface area contributed by atoms with Crippen LogP contribution in [0.15, 0.2) is 53.4 Å². The molecule has 0 radical (unpaired) electrons. The Kier molecular flexibility index (Phi) is 4.47. The van der Waals surface area contributed by atoms with Crippen LogP contribution in [-0.4, -0.2) is 12.2 Å². The molecule has 0 heterocycles. The van der Waals surface area contributed by atoms with E-state index < -0.39 is 0 Å². The number of anilines is 1. The zero-order chi connectivity index (χ0) is 13.7. The van der Waals surface area contributed by atoms with E-state index in [1.807, 2.05) is 61.7 Å². The highest BCUT2D eigenvalue weighted by Crippen LogP contribution is 2.18. The van der Waals surface area contributed by atoms with Gasteiger partial charge in [0.25, 0.3) is 5.91 Å².